The zero-order valence-electron chi connectivity index (χ0n) is 9.59. The molecule has 2 aromatic rings. The lowest BCUT2D eigenvalue weighted by molar-refractivity contribution is -0.384. The lowest BCUT2D eigenvalue weighted by atomic mass is 10.0. The Labute approximate surface area is 109 Å². The molecule has 0 unspecified atom stereocenters. The van der Waals surface area contributed by atoms with Crippen molar-refractivity contribution in [1.29, 1.82) is 0 Å². The molecule has 0 heterocycles. The molecule has 0 atom stereocenters. The van der Waals surface area contributed by atoms with Crippen LogP contribution in [0.2, 0.25) is 5.02 Å². The van der Waals surface area contributed by atoms with Crippen molar-refractivity contribution in [2.45, 2.75) is 0 Å². The second kappa shape index (κ2) is 5.06. The van der Waals surface area contributed by atoms with E-state index in [9.17, 15) is 10.1 Å². The van der Waals surface area contributed by atoms with Crippen LogP contribution in [0, 0.1) is 10.1 Å². The molecule has 0 saturated heterocycles. The van der Waals surface area contributed by atoms with Gasteiger partial charge in [0.15, 0.2) is 0 Å². The van der Waals surface area contributed by atoms with Gasteiger partial charge in [0.1, 0.15) is 10.8 Å². The van der Waals surface area contributed by atoms with E-state index in [0.717, 1.165) is 11.1 Å². The molecule has 0 fully saturated rings. The van der Waals surface area contributed by atoms with Gasteiger partial charge in [-0.05, 0) is 29.3 Å². The lowest BCUT2D eigenvalue weighted by Crippen LogP contribution is -1.90. The summed E-state index contributed by atoms with van der Waals surface area (Å²) in [5, 5.41) is 11.0. The van der Waals surface area contributed by atoms with Gasteiger partial charge < -0.3 is 4.74 Å². The molecule has 0 radical (unpaired) electrons. The van der Waals surface area contributed by atoms with Gasteiger partial charge in [-0.1, -0.05) is 29.8 Å². The Balaban J connectivity index is 2.50. The Morgan fingerprint density at radius 1 is 1.17 bits per heavy atom. The number of nitro benzene ring substituents is 1. The van der Waals surface area contributed by atoms with Crippen molar-refractivity contribution in [3.05, 3.63) is 57.6 Å². The number of hydrogen-bond acceptors (Lipinski definition) is 3. The van der Waals surface area contributed by atoms with E-state index in [2.05, 4.69) is 0 Å². The van der Waals surface area contributed by atoms with Gasteiger partial charge >= 0.3 is 0 Å². The van der Waals surface area contributed by atoms with E-state index in [4.69, 9.17) is 16.3 Å². The molecule has 4 nitrogen and oxygen atoms in total. The fourth-order valence-corrected chi connectivity index (χ4v) is 1.82. The Hall–Kier alpha value is -2.07. The zero-order chi connectivity index (χ0) is 13.1. The van der Waals surface area contributed by atoms with Crippen LogP contribution in [0.15, 0.2) is 42.5 Å². The molecule has 0 aliphatic heterocycles. The maximum absolute atomic E-state index is 10.8. The van der Waals surface area contributed by atoms with E-state index in [-0.39, 0.29) is 10.7 Å². The third-order valence-corrected chi connectivity index (χ3v) is 2.87. The summed E-state index contributed by atoms with van der Waals surface area (Å²) < 4.78 is 5.12. The van der Waals surface area contributed by atoms with E-state index < -0.39 is 4.92 Å². The van der Waals surface area contributed by atoms with Crippen LogP contribution in [0.5, 0.6) is 5.75 Å². The van der Waals surface area contributed by atoms with Crippen LogP contribution < -0.4 is 4.74 Å². The molecule has 18 heavy (non-hydrogen) atoms. The maximum atomic E-state index is 10.8. The predicted molar refractivity (Wildman–Crippen MR) is 70.1 cm³/mol. The van der Waals surface area contributed by atoms with E-state index in [1.165, 1.54) is 12.1 Å². The zero-order valence-corrected chi connectivity index (χ0v) is 10.3. The largest absolute Gasteiger partial charge is 0.497 e. The summed E-state index contributed by atoms with van der Waals surface area (Å²) in [6.45, 7) is 0. The topological polar surface area (TPSA) is 52.4 Å². The van der Waals surface area contributed by atoms with Gasteiger partial charge in [-0.3, -0.25) is 10.1 Å². The molecular weight excluding hydrogens is 254 g/mol. The van der Waals surface area contributed by atoms with Gasteiger partial charge in [-0.25, -0.2) is 0 Å². The Morgan fingerprint density at radius 3 is 2.56 bits per heavy atom. The molecule has 2 rings (SSSR count). The highest BCUT2D eigenvalue weighted by Gasteiger charge is 2.13. The summed E-state index contributed by atoms with van der Waals surface area (Å²) in [4.78, 5) is 10.3. The molecule has 0 aliphatic rings. The van der Waals surface area contributed by atoms with Crippen molar-refractivity contribution >= 4 is 17.3 Å². The van der Waals surface area contributed by atoms with E-state index in [1.54, 1.807) is 13.2 Å². The van der Waals surface area contributed by atoms with Crippen LogP contribution in [0.4, 0.5) is 5.69 Å². The highest BCUT2D eigenvalue weighted by Crippen LogP contribution is 2.31. The van der Waals surface area contributed by atoms with Crippen molar-refractivity contribution in [2.75, 3.05) is 7.11 Å². The molecule has 0 N–H and O–H groups in total. The van der Waals surface area contributed by atoms with Crippen molar-refractivity contribution in [3.63, 3.8) is 0 Å². The summed E-state index contributed by atoms with van der Waals surface area (Å²) >= 11 is 5.77. The monoisotopic (exact) mass is 263 g/mol. The van der Waals surface area contributed by atoms with Gasteiger partial charge in [0.25, 0.3) is 5.69 Å². The molecule has 0 spiro atoms. The first-order valence-corrected chi connectivity index (χ1v) is 5.58. The summed E-state index contributed by atoms with van der Waals surface area (Å²) in [5.74, 6) is 0.699. The minimum absolute atomic E-state index is 0.100. The number of rotatable bonds is 3. The van der Waals surface area contributed by atoms with Gasteiger partial charge in [-0.15, -0.1) is 0 Å². The van der Waals surface area contributed by atoms with Crippen molar-refractivity contribution in [1.82, 2.24) is 0 Å². The summed E-state index contributed by atoms with van der Waals surface area (Å²) in [7, 11) is 1.57. The first-order valence-electron chi connectivity index (χ1n) is 5.20. The van der Waals surface area contributed by atoms with Crippen LogP contribution in [0.3, 0.4) is 0 Å². The standard InChI is InChI=1S/C13H10ClNO3/c1-18-11-4-2-3-9(7-11)10-5-6-12(14)13(8-10)15(16)17/h2-8H,1H3. The van der Waals surface area contributed by atoms with Gasteiger partial charge in [0.2, 0.25) is 0 Å². The molecule has 0 amide bonds. The molecule has 92 valence electrons. The lowest BCUT2D eigenvalue weighted by Gasteiger charge is -2.05. The SMILES string of the molecule is COc1cccc(-c2ccc(Cl)c([N+](=O)[O-])c2)c1. The van der Waals surface area contributed by atoms with E-state index in [1.807, 2.05) is 24.3 Å². The van der Waals surface area contributed by atoms with Crippen LogP contribution in [0.1, 0.15) is 0 Å². The van der Waals surface area contributed by atoms with Crippen LogP contribution in [-0.4, -0.2) is 12.0 Å². The van der Waals surface area contributed by atoms with Crippen molar-refractivity contribution in [3.8, 4) is 16.9 Å². The van der Waals surface area contributed by atoms with Gasteiger partial charge in [0, 0.05) is 6.07 Å². The van der Waals surface area contributed by atoms with Crippen LogP contribution >= 0.6 is 11.6 Å². The number of nitro groups is 1. The maximum Gasteiger partial charge on any atom is 0.288 e. The molecule has 0 bridgehead atoms. The second-order valence-corrected chi connectivity index (χ2v) is 4.06. The minimum atomic E-state index is -0.494. The summed E-state index contributed by atoms with van der Waals surface area (Å²) in [6, 6.07) is 12.0. The molecular formula is C13H10ClNO3. The number of benzene rings is 2. The normalized spacial score (nSPS) is 10.1. The molecule has 2 aromatic carbocycles. The minimum Gasteiger partial charge on any atom is -0.497 e. The van der Waals surface area contributed by atoms with Crippen LogP contribution in [-0.2, 0) is 0 Å². The molecule has 0 aromatic heterocycles. The highest BCUT2D eigenvalue weighted by molar-refractivity contribution is 6.32. The predicted octanol–water partition coefficient (Wildman–Crippen LogP) is 3.92. The third kappa shape index (κ3) is 2.43. The average Bonchev–Trinajstić information content (AvgIpc) is 2.39. The second-order valence-electron chi connectivity index (χ2n) is 3.66. The Kier molecular flexibility index (Phi) is 3.48. The summed E-state index contributed by atoms with van der Waals surface area (Å²) in [5.41, 5.74) is 1.47. The van der Waals surface area contributed by atoms with Gasteiger partial charge in [0.05, 0.1) is 12.0 Å². The Bertz CT molecular complexity index is 599. The van der Waals surface area contributed by atoms with Gasteiger partial charge in [-0.2, -0.15) is 0 Å². The molecule has 5 heteroatoms. The number of halogens is 1. The first-order chi connectivity index (χ1) is 8.61. The van der Waals surface area contributed by atoms with E-state index >= 15 is 0 Å². The first kappa shape index (κ1) is 12.4. The Morgan fingerprint density at radius 2 is 1.89 bits per heavy atom. The number of methoxy groups -OCH3 is 1. The summed E-state index contributed by atoms with van der Waals surface area (Å²) in [6.07, 6.45) is 0. The van der Waals surface area contributed by atoms with Crippen molar-refractivity contribution in [2.24, 2.45) is 0 Å². The highest BCUT2D eigenvalue weighted by atomic mass is 35.5. The van der Waals surface area contributed by atoms with Crippen molar-refractivity contribution < 1.29 is 9.66 Å². The average molecular weight is 264 g/mol. The quantitative estimate of drug-likeness (QED) is 0.623. The molecule has 0 aliphatic carbocycles. The number of hydrogen-bond donors (Lipinski definition) is 0. The molecule has 0 saturated carbocycles. The number of nitrogens with zero attached hydrogens (tertiary/aromatic N) is 1. The number of ether oxygens (including phenoxy) is 1. The third-order valence-electron chi connectivity index (χ3n) is 2.55. The fourth-order valence-electron chi connectivity index (χ4n) is 1.63. The van der Waals surface area contributed by atoms with Crippen LogP contribution in [0.25, 0.3) is 11.1 Å². The fraction of sp³-hybridized carbons (Fsp3) is 0.0769. The van der Waals surface area contributed by atoms with E-state index in [0.29, 0.717) is 5.75 Å². The smallest absolute Gasteiger partial charge is 0.288 e.